The number of carboxylic acids is 1. The number of piperidine rings is 1. The van der Waals surface area contributed by atoms with Crippen LogP contribution in [-0.2, 0) is 19.8 Å². The Labute approximate surface area is 177 Å². The largest absolute Gasteiger partial charge is 0.480 e. The molecule has 1 fully saturated rings. The predicted octanol–water partition coefficient (Wildman–Crippen LogP) is 1.42. The molecule has 0 radical (unpaired) electrons. The number of carbonyl (C=O) groups is 3. The van der Waals surface area contributed by atoms with Gasteiger partial charge in [-0.15, -0.1) is 0 Å². The Hall–Kier alpha value is -2.06. The maximum Gasteiger partial charge on any atom is 0.326 e. The lowest BCUT2D eigenvalue weighted by atomic mass is 9.71. The average Bonchev–Trinajstić information content (AvgIpc) is 2.72. The third-order valence-corrected chi connectivity index (χ3v) is 5.91. The van der Waals surface area contributed by atoms with E-state index in [1.807, 2.05) is 44.2 Å². The van der Waals surface area contributed by atoms with Gasteiger partial charge in [0.15, 0.2) is 0 Å². The number of rotatable bonds is 8. The van der Waals surface area contributed by atoms with Gasteiger partial charge in [-0.25, -0.2) is 4.79 Å². The van der Waals surface area contributed by atoms with Gasteiger partial charge in [0.25, 0.3) is 0 Å². The molecule has 1 aliphatic heterocycles. The van der Waals surface area contributed by atoms with Gasteiger partial charge >= 0.3 is 5.97 Å². The molecule has 7 nitrogen and oxygen atoms in total. The maximum atomic E-state index is 13.4. The second kappa shape index (κ2) is 10.1. The van der Waals surface area contributed by atoms with E-state index >= 15 is 0 Å². The number of nitrogens with two attached hydrogens (primary N) is 1. The van der Waals surface area contributed by atoms with Gasteiger partial charge in [0, 0.05) is 18.8 Å². The Morgan fingerprint density at radius 1 is 1.21 bits per heavy atom. The summed E-state index contributed by atoms with van der Waals surface area (Å²) in [6, 6.07) is 7.75. The van der Waals surface area contributed by atoms with Crippen LogP contribution in [0.1, 0.15) is 38.7 Å². The Kier molecular flexibility index (Phi) is 8.10. The first-order valence-corrected chi connectivity index (χ1v) is 10.6. The summed E-state index contributed by atoms with van der Waals surface area (Å²) in [5.41, 5.74) is 5.77. The Bertz CT molecular complexity index is 718. The van der Waals surface area contributed by atoms with Crippen molar-refractivity contribution in [2.45, 2.75) is 50.6 Å². The summed E-state index contributed by atoms with van der Waals surface area (Å²) < 4.78 is 0. The molecule has 2 amide bonds. The topological polar surface area (TPSA) is 113 Å². The van der Waals surface area contributed by atoms with Crippen molar-refractivity contribution < 1.29 is 19.5 Å². The molecule has 2 rings (SSSR count). The van der Waals surface area contributed by atoms with Crippen LogP contribution in [0.2, 0.25) is 0 Å². The smallest absolute Gasteiger partial charge is 0.326 e. The lowest BCUT2D eigenvalue weighted by Gasteiger charge is -2.42. The van der Waals surface area contributed by atoms with E-state index < -0.39 is 23.5 Å². The lowest BCUT2D eigenvalue weighted by Crippen LogP contribution is -2.57. The van der Waals surface area contributed by atoms with Gasteiger partial charge in [-0.3, -0.25) is 9.59 Å². The number of nitrogens with one attached hydrogen (secondary N) is 1. The number of amides is 2. The zero-order valence-corrected chi connectivity index (χ0v) is 17.9. The Morgan fingerprint density at radius 3 is 2.28 bits per heavy atom. The van der Waals surface area contributed by atoms with Crippen molar-refractivity contribution in [3.63, 3.8) is 0 Å². The van der Waals surface area contributed by atoms with Crippen LogP contribution in [0, 0.1) is 5.92 Å². The van der Waals surface area contributed by atoms with Crippen molar-refractivity contribution in [1.29, 1.82) is 0 Å². The van der Waals surface area contributed by atoms with Crippen LogP contribution in [0.3, 0.4) is 0 Å². The summed E-state index contributed by atoms with van der Waals surface area (Å²) in [5.74, 6) is -1.13. The number of hydrogen-bond donors (Lipinski definition) is 4. The maximum absolute atomic E-state index is 13.4. The highest BCUT2D eigenvalue weighted by atomic mass is 32.1. The zero-order valence-electron chi connectivity index (χ0n) is 17.0. The highest BCUT2D eigenvalue weighted by Crippen LogP contribution is 2.36. The third kappa shape index (κ3) is 5.51. The number of carbonyl (C=O) groups excluding carboxylic acids is 2. The normalized spacial score (nSPS) is 18.2. The summed E-state index contributed by atoms with van der Waals surface area (Å²) in [4.78, 5) is 39.1. The first-order valence-electron chi connectivity index (χ1n) is 9.95. The van der Waals surface area contributed by atoms with Crippen LogP contribution in [-0.4, -0.2) is 58.7 Å². The van der Waals surface area contributed by atoms with Crippen LogP contribution in [0.15, 0.2) is 30.3 Å². The fraction of sp³-hybridized carbons (Fsp3) is 0.571. The Morgan fingerprint density at radius 2 is 1.79 bits per heavy atom. The number of hydrogen-bond acceptors (Lipinski definition) is 5. The standard InChI is InChI=1S/C21H31N3O4S/c1-14(2)12-17(19(26)27)23-20(28)21(15-6-4-3-5-7-15)8-10-24(11-9-21)18(25)16(22)13-29/h3-7,14,16-17,29H,8-13,22H2,1-2H3,(H,23,28)(H,26,27)/t16-,17-/m0/s1. The minimum Gasteiger partial charge on any atom is -0.480 e. The number of thiol groups is 1. The Balaban J connectivity index is 2.26. The van der Waals surface area contributed by atoms with Gasteiger partial charge in [-0.05, 0) is 30.7 Å². The molecule has 1 aromatic carbocycles. The van der Waals surface area contributed by atoms with Gasteiger partial charge in [-0.2, -0.15) is 12.6 Å². The van der Waals surface area contributed by atoms with Crippen molar-refractivity contribution in [2.75, 3.05) is 18.8 Å². The van der Waals surface area contributed by atoms with Crippen molar-refractivity contribution in [2.24, 2.45) is 11.7 Å². The molecule has 0 spiro atoms. The van der Waals surface area contributed by atoms with E-state index in [9.17, 15) is 19.5 Å². The van der Waals surface area contributed by atoms with E-state index in [1.54, 1.807) is 4.90 Å². The van der Waals surface area contributed by atoms with Crippen LogP contribution in [0.4, 0.5) is 0 Å². The highest BCUT2D eigenvalue weighted by molar-refractivity contribution is 7.80. The van der Waals surface area contributed by atoms with Gasteiger partial charge in [0.2, 0.25) is 11.8 Å². The first kappa shape index (κ1) is 23.2. The van der Waals surface area contributed by atoms with Gasteiger partial charge < -0.3 is 21.1 Å². The van der Waals surface area contributed by atoms with E-state index in [0.717, 1.165) is 5.56 Å². The summed E-state index contributed by atoms with van der Waals surface area (Å²) in [6.07, 6.45) is 1.16. The fourth-order valence-electron chi connectivity index (χ4n) is 3.81. The molecular weight excluding hydrogens is 390 g/mol. The summed E-state index contributed by atoms with van der Waals surface area (Å²) in [5, 5.41) is 12.3. The molecule has 29 heavy (non-hydrogen) atoms. The van der Waals surface area contributed by atoms with Crippen LogP contribution in [0.25, 0.3) is 0 Å². The van der Waals surface area contributed by atoms with Crippen molar-refractivity contribution in [3.05, 3.63) is 35.9 Å². The molecule has 1 heterocycles. The van der Waals surface area contributed by atoms with Gasteiger partial charge in [0.1, 0.15) is 6.04 Å². The molecule has 1 aliphatic rings. The predicted molar refractivity (Wildman–Crippen MR) is 115 cm³/mol. The second-order valence-electron chi connectivity index (χ2n) is 8.06. The van der Waals surface area contributed by atoms with E-state index in [0.29, 0.717) is 32.4 Å². The highest BCUT2D eigenvalue weighted by Gasteiger charge is 2.45. The van der Waals surface area contributed by atoms with Crippen molar-refractivity contribution in [3.8, 4) is 0 Å². The molecule has 2 atom stereocenters. The fourth-order valence-corrected chi connectivity index (χ4v) is 3.97. The van der Waals surface area contributed by atoms with E-state index in [4.69, 9.17) is 5.73 Å². The molecule has 4 N–H and O–H groups in total. The van der Waals surface area contributed by atoms with Crippen LogP contribution < -0.4 is 11.1 Å². The summed E-state index contributed by atoms with van der Waals surface area (Å²) in [6.45, 7) is 4.60. The van der Waals surface area contributed by atoms with E-state index in [1.165, 1.54) is 0 Å². The van der Waals surface area contributed by atoms with E-state index in [2.05, 4.69) is 17.9 Å². The molecule has 0 saturated carbocycles. The monoisotopic (exact) mass is 421 g/mol. The molecular formula is C21H31N3O4S. The molecule has 0 bridgehead atoms. The third-order valence-electron chi connectivity index (χ3n) is 5.51. The van der Waals surface area contributed by atoms with Crippen molar-refractivity contribution >= 4 is 30.4 Å². The summed E-state index contributed by atoms with van der Waals surface area (Å²) in [7, 11) is 0. The molecule has 1 saturated heterocycles. The molecule has 0 aliphatic carbocycles. The minimum atomic E-state index is -1.04. The van der Waals surface area contributed by atoms with E-state index in [-0.39, 0.29) is 23.5 Å². The lowest BCUT2D eigenvalue weighted by molar-refractivity contribution is -0.144. The molecule has 8 heteroatoms. The van der Waals surface area contributed by atoms with Crippen LogP contribution >= 0.6 is 12.6 Å². The second-order valence-corrected chi connectivity index (χ2v) is 8.42. The molecule has 0 aromatic heterocycles. The van der Waals surface area contributed by atoms with Gasteiger partial charge in [0.05, 0.1) is 11.5 Å². The number of aliphatic carboxylic acids is 1. The summed E-state index contributed by atoms with van der Waals surface area (Å²) >= 11 is 4.09. The quantitative estimate of drug-likeness (QED) is 0.474. The van der Waals surface area contributed by atoms with Crippen molar-refractivity contribution in [1.82, 2.24) is 10.2 Å². The number of carboxylic acid groups (broad SMARTS) is 1. The minimum absolute atomic E-state index is 0.131. The molecule has 0 unspecified atom stereocenters. The molecule has 160 valence electrons. The number of nitrogens with zero attached hydrogens (tertiary/aromatic N) is 1. The first-order chi connectivity index (χ1) is 13.7. The molecule has 1 aromatic rings. The number of likely N-dealkylation sites (tertiary alicyclic amines) is 1. The zero-order chi connectivity index (χ0) is 21.6. The average molecular weight is 422 g/mol. The van der Waals surface area contributed by atoms with Gasteiger partial charge in [-0.1, -0.05) is 44.2 Å². The van der Waals surface area contributed by atoms with Crippen LogP contribution in [0.5, 0.6) is 0 Å². The number of benzene rings is 1. The SMILES string of the molecule is CC(C)C[C@H](NC(=O)C1(c2ccccc2)CCN(C(=O)[C@@H](N)CS)CC1)C(=O)O.